The Morgan fingerprint density at radius 1 is 1.05 bits per heavy atom. The third-order valence-electron chi connectivity index (χ3n) is 6.64. The number of nitrogens with two attached hydrogens (primary N) is 1. The molecule has 12 nitrogen and oxygen atoms in total. The molecule has 2 heterocycles. The number of rotatable bonds is 7. The Balaban J connectivity index is 0.000000580. The predicted octanol–water partition coefficient (Wildman–Crippen LogP) is 2.18. The highest BCUT2D eigenvalue weighted by molar-refractivity contribution is 14.1. The number of hydrogen-bond donors (Lipinski definition) is 4. The summed E-state index contributed by atoms with van der Waals surface area (Å²) in [5.74, 6) is -1.48. The molecule has 0 atom stereocenters. The Labute approximate surface area is 242 Å². The fourth-order valence-electron chi connectivity index (χ4n) is 4.54. The van der Waals surface area contributed by atoms with Crippen molar-refractivity contribution in [2.24, 2.45) is 5.92 Å². The van der Waals surface area contributed by atoms with Crippen LogP contribution in [0.3, 0.4) is 0 Å². The van der Waals surface area contributed by atoms with E-state index < -0.39 is 11.9 Å². The lowest BCUT2D eigenvalue weighted by Gasteiger charge is -2.38. The second-order valence-corrected chi connectivity index (χ2v) is 10.9. The number of nitrogen functional groups attached to an aromatic ring is 1. The van der Waals surface area contributed by atoms with Crippen molar-refractivity contribution in [3.8, 4) is 5.75 Å². The Hall–Kier alpha value is -3.07. The van der Waals surface area contributed by atoms with Crippen LogP contribution < -0.4 is 15.8 Å². The van der Waals surface area contributed by atoms with Crippen LogP contribution in [0.1, 0.15) is 36.0 Å². The number of carbonyl (C=O) groups is 4. The van der Waals surface area contributed by atoms with Crippen LogP contribution in [0.5, 0.6) is 5.75 Å². The number of anilines is 1. The molecule has 0 radical (unpaired) electrons. The van der Waals surface area contributed by atoms with Gasteiger partial charge in [-0.2, -0.15) is 0 Å². The number of aliphatic carboxylic acids is 2. The van der Waals surface area contributed by atoms with E-state index >= 15 is 0 Å². The zero-order chi connectivity index (χ0) is 29.1. The van der Waals surface area contributed by atoms with Crippen molar-refractivity contribution in [3.63, 3.8) is 0 Å². The van der Waals surface area contributed by atoms with Gasteiger partial charge in [0.25, 0.3) is 5.91 Å². The van der Waals surface area contributed by atoms with E-state index in [1.807, 2.05) is 19.0 Å². The molecular formula is C26H38IN5O7. The molecule has 1 aromatic rings. The number of benzene rings is 1. The molecule has 216 valence electrons. The molecule has 1 aromatic carbocycles. The molecule has 0 bridgehead atoms. The van der Waals surface area contributed by atoms with Crippen LogP contribution in [0.25, 0.3) is 0 Å². The molecule has 5 N–H and O–H groups in total. The third kappa shape index (κ3) is 10.5. The van der Waals surface area contributed by atoms with Crippen molar-refractivity contribution in [3.05, 3.63) is 33.4 Å². The van der Waals surface area contributed by atoms with Crippen LogP contribution in [0.4, 0.5) is 10.5 Å². The number of carboxylic acid groups (broad SMARTS) is 2. The highest BCUT2D eigenvalue weighted by atomic mass is 127. The van der Waals surface area contributed by atoms with Crippen molar-refractivity contribution in [2.75, 3.05) is 59.7 Å². The molecule has 13 heteroatoms. The van der Waals surface area contributed by atoms with Crippen molar-refractivity contribution < 1.29 is 34.1 Å². The number of amides is 3. The van der Waals surface area contributed by atoms with Crippen molar-refractivity contribution >= 4 is 52.2 Å². The first-order valence-electron chi connectivity index (χ1n) is 12.7. The van der Waals surface area contributed by atoms with Gasteiger partial charge < -0.3 is 40.7 Å². The van der Waals surface area contributed by atoms with E-state index in [0.29, 0.717) is 35.1 Å². The van der Waals surface area contributed by atoms with Crippen molar-refractivity contribution in [2.45, 2.75) is 31.7 Å². The van der Waals surface area contributed by atoms with Crippen LogP contribution in [-0.4, -0.2) is 109 Å². The number of nitrogens with one attached hydrogen (secondary N) is 1. The monoisotopic (exact) mass is 659 g/mol. The zero-order valence-corrected chi connectivity index (χ0v) is 24.7. The summed E-state index contributed by atoms with van der Waals surface area (Å²) < 4.78 is 6.19. The van der Waals surface area contributed by atoms with Gasteiger partial charge in [0.2, 0.25) is 0 Å². The molecule has 39 heavy (non-hydrogen) atoms. The van der Waals surface area contributed by atoms with Gasteiger partial charge in [0.05, 0.1) is 12.7 Å². The molecule has 3 amide bonds. The first-order chi connectivity index (χ1) is 18.4. The Morgan fingerprint density at radius 3 is 2.10 bits per heavy atom. The number of nitrogens with zero attached hydrogens (tertiary/aromatic N) is 3. The SMILES string of the molecule is COc1cc(N)c(I)cc1C(=O)NC1CCN(CC2CCN(C(=O)N(C)C)CC2)CC1.O=C(O)/C=C/C(=O)O. The number of carboxylic acids is 2. The number of piperidine rings is 2. The Morgan fingerprint density at radius 2 is 1.62 bits per heavy atom. The smallest absolute Gasteiger partial charge is 0.328 e. The summed E-state index contributed by atoms with van der Waals surface area (Å²) in [6.45, 7) is 4.73. The van der Waals surface area contributed by atoms with Gasteiger partial charge in [-0.05, 0) is 60.3 Å². The van der Waals surface area contributed by atoms with E-state index in [0.717, 1.165) is 62.0 Å². The zero-order valence-electron chi connectivity index (χ0n) is 22.6. The Kier molecular flexibility index (Phi) is 12.8. The largest absolute Gasteiger partial charge is 0.496 e. The molecule has 2 aliphatic heterocycles. The summed E-state index contributed by atoms with van der Waals surface area (Å²) in [5.41, 5.74) is 7.07. The lowest BCUT2D eigenvalue weighted by Crippen LogP contribution is -2.48. The maximum Gasteiger partial charge on any atom is 0.328 e. The lowest BCUT2D eigenvalue weighted by atomic mass is 9.94. The molecule has 3 rings (SSSR count). The second-order valence-electron chi connectivity index (χ2n) is 9.74. The van der Waals surface area contributed by atoms with Crippen molar-refractivity contribution in [1.82, 2.24) is 20.0 Å². The minimum absolute atomic E-state index is 0.105. The molecule has 0 aliphatic carbocycles. The number of hydrogen-bond acceptors (Lipinski definition) is 7. The van der Waals surface area contributed by atoms with Gasteiger partial charge in [-0.3, -0.25) is 4.79 Å². The topological polar surface area (TPSA) is 166 Å². The van der Waals surface area contributed by atoms with Crippen LogP contribution in [0.2, 0.25) is 0 Å². The average Bonchev–Trinajstić information content (AvgIpc) is 2.90. The highest BCUT2D eigenvalue weighted by Gasteiger charge is 2.28. The number of likely N-dealkylation sites (tertiary alicyclic amines) is 2. The van der Waals surface area contributed by atoms with Crippen LogP contribution in [-0.2, 0) is 9.59 Å². The van der Waals surface area contributed by atoms with Gasteiger partial charge >= 0.3 is 18.0 Å². The molecule has 2 aliphatic rings. The van der Waals surface area contributed by atoms with E-state index in [1.54, 1.807) is 24.1 Å². The van der Waals surface area contributed by atoms with E-state index in [4.69, 9.17) is 20.7 Å². The molecule has 0 saturated carbocycles. The maximum absolute atomic E-state index is 12.8. The number of ether oxygens (including phenoxy) is 1. The van der Waals surface area contributed by atoms with Gasteiger partial charge in [0.1, 0.15) is 5.75 Å². The number of carbonyl (C=O) groups excluding carboxylic acids is 2. The number of methoxy groups -OCH3 is 1. The standard InChI is InChI=1S/C22H34IN5O3.C4H4O4/c1-26(2)22(30)28-10-4-15(5-11-28)14-27-8-6-16(7-9-27)25-21(29)17-12-18(23)19(24)13-20(17)31-3;5-3(6)1-2-4(7)8/h12-13,15-16H,4-11,14,24H2,1-3H3,(H,25,29);1-2H,(H,5,6)(H,7,8)/b;2-1+. The van der Waals surface area contributed by atoms with Gasteiger partial charge in [-0.1, -0.05) is 0 Å². The fourth-order valence-corrected chi connectivity index (χ4v) is 5.00. The average molecular weight is 660 g/mol. The predicted molar refractivity (Wildman–Crippen MR) is 155 cm³/mol. The molecular weight excluding hydrogens is 621 g/mol. The van der Waals surface area contributed by atoms with E-state index in [2.05, 4.69) is 32.8 Å². The van der Waals surface area contributed by atoms with E-state index in [9.17, 15) is 19.2 Å². The van der Waals surface area contributed by atoms with Gasteiger partial charge in [0, 0.05) is 80.3 Å². The van der Waals surface area contributed by atoms with Gasteiger partial charge in [-0.25, -0.2) is 14.4 Å². The lowest BCUT2D eigenvalue weighted by molar-refractivity contribution is -0.134. The summed E-state index contributed by atoms with van der Waals surface area (Å²) in [4.78, 5) is 50.1. The van der Waals surface area contributed by atoms with Crippen molar-refractivity contribution in [1.29, 1.82) is 0 Å². The van der Waals surface area contributed by atoms with Crippen LogP contribution in [0.15, 0.2) is 24.3 Å². The molecule has 0 unspecified atom stereocenters. The normalized spacial score (nSPS) is 16.8. The molecule has 2 fully saturated rings. The maximum atomic E-state index is 12.8. The first kappa shape index (κ1) is 32.1. The van der Waals surface area contributed by atoms with E-state index in [1.165, 1.54) is 0 Å². The summed E-state index contributed by atoms with van der Waals surface area (Å²) in [7, 11) is 5.17. The summed E-state index contributed by atoms with van der Waals surface area (Å²) in [6.07, 6.45) is 5.12. The van der Waals surface area contributed by atoms with Gasteiger partial charge in [0.15, 0.2) is 0 Å². The van der Waals surface area contributed by atoms with Gasteiger partial charge in [-0.15, -0.1) is 0 Å². The van der Waals surface area contributed by atoms with Crippen LogP contribution in [0, 0.1) is 9.49 Å². The summed E-state index contributed by atoms with van der Waals surface area (Å²) >= 11 is 2.13. The second kappa shape index (κ2) is 15.5. The summed E-state index contributed by atoms with van der Waals surface area (Å²) in [6, 6.07) is 3.77. The minimum Gasteiger partial charge on any atom is -0.496 e. The Bertz CT molecular complexity index is 1030. The third-order valence-corrected chi connectivity index (χ3v) is 7.57. The molecule has 0 spiro atoms. The summed E-state index contributed by atoms with van der Waals surface area (Å²) in [5, 5.41) is 18.8. The van der Waals surface area contributed by atoms with E-state index in [-0.39, 0.29) is 18.0 Å². The quantitative estimate of drug-likeness (QED) is 0.195. The fraction of sp³-hybridized carbons (Fsp3) is 0.538. The minimum atomic E-state index is -1.26. The van der Waals surface area contributed by atoms with Crippen LogP contribution >= 0.6 is 22.6 Å². The first-order valence-corrected chi connectivity index (χ1v) is 13.8. The number of halogens is 1. The number of urea groups is 1. The molecule has 2 saturated heterocycles. The molecule has 0 aromatic heterocycles. The highest BCUT2D eigenvalue weighted by Crippen LogP contribution is 2.27.